The van der Waals surface area contributed by atoms with E-state index < -0.39 is 0 Å². The molecule has 100 valence electrons. The highest BCUT2D eigenvalue weighted by atomic mass is 16.5. The van der Waals surface area contributed by atoms with Crippen LogP contribution in [0, 0.1) is 0 Å². The van der Waals surface area contributed by atoms with Gasteiger partial charge in [0.15, 0.2) is 0 Å². The van der Waals surface area contributed by atoms with Crippen LogP contribution in [0.5, 0.6) is 17.2 Å². The normalized spacial score (nSPS) is 10.1. The highest BCUT2D eigenvalue weighted by Crippen LogP contribution is 2.40. The van der Waals surface area contributed by atoms with Crippen molar-refractivity contribution in [2.45, 2.75) is 0 Å². The molecule has 0 fully saturated rings. The predicted octanol–water partition coefficient (Wildman–Crippen LogP) is 1.75. The maximum atomic E-state index is 5.68. The van der Waals surface area contributed by atoms with Gasteiger partial charge in [0.2, 0.25) is 0 Å². The number of rotatable bonds is 4. The zero-order valence-corrected chi connectivity index (χ0v) is 11.0. The van der Waals surface area contributed by atoms with E-state index >= 15 is 0 Å². The highest BCUT2D eigenvalue weighted by molar-refractivity contribution is 5.76. The van der Waals surface area contributed by atoms with E-state index in [1.54, 1.807) is 39.5 Å². The van der Waals surface area contributed by atoms with Crippen LogP contribution < -0.4 is 19.9 Å². The Kier molecular flexibility index (Phi) is 3.70. The Labute approximate surface area is 111 Å². The van der Waals surface area contributed by atoms with Crippen molar-refractivity contribution >= 4 is 5.82 Å². The van der Waals surface area contributed by atoms with Crippen LogP contribution in [0.2, 0.25) is 0 Å². The minimum Gasteiger partial charge on any atom is -0.496 e. The van der Waals surface area contributed by atoms with Gasteiger partial charge in [0.1, 0.15) is 29.4 Å². The molecular formula is C13H15N3O3. The molecular weight excluding hydrogens is 246 g/mol. The Hall–Kier alpha value is -2.50. The third kappa shape index (κ3) is 2.52. The molecule has 1 aromatic carbocycles. The minimum absolute atomic E-state index is 0.380. The van der Waals surface area contributed by atoms with E-state index in [0.29, 0.717) is 34.3 Å². The van der Waals surface area contributed by atoms with Crippen LogP contribution in [0.3, 0.4) is 0 Å². The molecule has 19 heavy (non-hydrogen) atoms. The van der Waals surface area contributed by atoms with Gasteiger partial charge in [-0.3, -0.25) is 0 Å². The molecule has 0 unspecified atom stereocenters. The van der Waals surface area contributed by atoms with Gasteiger partial charge >= 0.3 is 0 Å². The van der Waals surface area contributed by atoms with Crippen molar-refractivity contribution in [1.82, 2.24) is 9.97 Å². The van der Waals surface area contributed by atoms with E-state index in [9.17, 15) is 0 Å². The van der Waals surface area contributed by atoms with Crippen LogP contribution in [-0.4, -0.2) is 31.3 Å². The molecule has 0 atom stereocenters. The number of benzene rings is 1. The molecule has 6 nitrogen and oxygen atoms in total. The highest BCUT2D eigenvalue weighted by Gasteiger charge is 2.16. The van der Waals surface area contributed by atoms with E-state index in [1.165, 1.54) is 6.33 Å². The molecule has 6 heteroatoms. The first-order chi connectivity index (χ1) is 9.19. The molecule has 1 aromatic heterocycles. The number of methoxy groups -OCH3 is 3. The van der Waals surface area contributed by atoms with Gasteiger partial charge in [-0.05, 0) is 0 Å². The molecule has 2 rings (SSSR count). The summed E-state index contributed by atoms with van der Waals surface area (Å²) in [4.78, 5) is 8.06. The van der Waals surface area contributed by atoms with Gasteiger partial charge in [0.25, 0.3) is 0 Å². The first kappa shape index (κ1) is 12.9. The van der Waals surface area contributed by atoms with E-state index in [4.69, 9.17) is 19.9 Å². The molecule has 0 bridgehead atoms. The van der Waals surface area contributed by atoms with E-state index in [1.807, 2.05) is 0 Å². The van der Waals surface area contributed by atoms with Crippen molar-refractivity contribution in [1.29, 1.82) is 0 Å². The topological polar surface area (TPSA) is 79.5 Å². The van der Waals surface area contributed by atoms with Crippen molar-refractivity contribution in [2.75, 3.05) is 27.1 Å². The summed E-state index contributed by atoms with van der Waals surface area (Å²) in [5.41, 5.74) is 7.01. The standard InChI is InChI=1S/C13H15N3O3/c1-17-8-4-10(18-2)13(11(5-8)19-3)9-6-12(14)16-7-15-9/h4-7H,1-3H3,(H2,14,15,16). The van der Waals surface area contributed by atoms with Crippen molar-refractivity contribution in [3.05, 3.63) is 24.5 Å². The Morgan fingerprint density at radius 3 is 2.00 bits per heavy atom. The molecule has 0 aliphatic heterocycles. The lowest BCUT2D eigenvalue weighted by atomic mass is 10.1. The van der Waals surface area contributed by atoms with Crippen molar-refractivity contribution in [3.63, 3.8) is 0 Å². The van der Waals surface area contributed by atoms with Gasteiger partial charge in [0, 0.05) is 18.2 Å². The van der Waals surface area contributed by atoms with Crippen LogP contribution in [0.4, 0.5) is 5.82 Å². The van der Waals surface area contributed by atoms with Gasteiger partial charge in [-0.1, -0.05) is 0 Å². The molecule has 0 saturated carbocycles. The lowest BCUT2D eigenvalue weighted by Crippen LogP contribution is -1.98. The van der Waals surface area contributed by atoms with Crippen LogP contribution in [0.1, 0.15) is 0 Å². The number of ether oxygens (including phenoxy) is 3. The summed E-state index contributed by atoms with van der Waals surface area (Å²) in [7, 11) is 4.72. The van der Waals surface area contributed by atoms with Gasteiger partial charge in [-0.15, -0.1) is 0 Å². The fourth-order valence-corrected chi connectivity index (χ4v) is 1.77. The fraction of sp³-hybridized carbons (Fsp3) is 0.231. The first-order valence-corrected chi connectivity index (χ1v) is 5.57. The summed E-state index contributed by atoms with van der Waals surface area (Å²) in [6, 6.07) is 5.18. The average Bonchev–Trinajstić information content (AvgIpc) is 2.45. The zero-order chi connectivity index (χ0) is 13.8. The second-order valence-electron chi connectivity index (χ2n) is 3.74. The summed E-state index contributed by atoms with van der Waals surface area (Å²) in [5.74, 6) is 2.20. The molecule has 0 saturated heterocycles. The summed E-state index contributed by atoms with van der Waals surface area (Å²) >= 11 is 0. The molecule has 2 aromatic rings. The summed E-state index contributed by atoms with van der Waals surface area (Å²) in [6.45, 7) is 0. The largest absolute Gasteiger partial charge is 0.496 e. The number of hydrogen-bond acceptors (Lipinski definition) is 6. The van der Waals surface area contributed by atoms with Gasteiger partial charge < -0.3 is 19.9 Å². The van der Waals surface area contributed by atoms with Crippen LogP contribution in [0.15, 0.2) is 24.5 Å². The SMILES string of the molecule is COc1cc(OC)c(-c2cc(N)ncn2)c(OC)c1. The number of nitrogens with two attached hydrogens (primary N) is 1. The lowest BCUT2D eigenvalue weighted by Gasteiger charge is -2.14. The predicted molar refractivity (Wildman–Crippen MR) is 71.5 cm³/mol. The van der Waals surface area contributed by atoms with Gasteiger partial charge in [0.05, 0.1) is 32.6 Å². The third-order valence-electron chi connectivity index (χ3n) is 2.66. The summed E-state index contributed by atoms with van der Waals surface area (Å²) in [6.07, 6.45) is 1.40. The monoisotopic (exact) mass is 261 g/mol. The van der Waals surface area contributed by atoms with E-state index in [0.717, 1.165) is 0 Å². The molecule has 1 heterocycles. The van der Waals surface area contributed by atoms with Gasteiger partial charge in [-0.2, -0.15) is 0 Å². The number of anilines is 1. The number of nitrogen functional groups attached to an aromatic ring is 1. The smallest absolute Gasteiger partial charge is 0.135 e. The Morgan fingerprint density at radius 2 is 1.53 bits per heavy atom. The summed E-state index contributed by atoms with van der Waals surface area (Å²) < 4.78 is 15.9. The minimum atomic E-state index is 0.380. The number of aromatic nitrogens is 2. The number of hydrogen-bond donors (Lipinski definition) is 1. The van der Waals surface area contributed by atoms with Crippen molar-refractivity contribution < 1.29 is 14.2 Å². The zero-order valence-electron chi connectivity index (χ0n) is 11.0. The maximum absolute atomic E-state index is 5.68. The molecule has 0 amide bonds. The number of nitrogens with zero attached hydrogens (tertiary/aromatic N) is 2. The van der Waals surface area contributed by atoms with Crippen LogP contribution in [-0.2, 0) is 0 Å². The molecule has 0 radical (unpaired) electrons. The summed E-state index contributed by atoms with van der Waals surface area (Å²) in [5, 5.41) is 0. The molecule has 0 aliphatic rings. The average molecular weight is 261 g/mol. The second-order valence-corrected chi connectivity index (χ2v) is 3.74. The molecule has 0 spiro atoms. The van der Waals surface area contributed by atoms with Crippen LogP contribution >= 0.6 is 0 Å². The third-order valence-corrected chi connectivity index (χ3v) is 2.66. The first-order valence-electron chi connectivity index (χ1n) is 5.57. The Balaban J connectivity index is 2.66. The molecule has 0 aliphatic carbocycles. The van der Waals surface area contributed by atoms with Crippen LogP contribution in [0.25, 0.3) is 11.3 Å². The fourth-order valence-electron chi connectivity index (χ4n) is 1.77. The van der Waals surface area contributed by atoms with E-state index in [2.05, 4.69) is 9.97 Å². The Morgan fingerprint density at radius 1 is 0.895 bits per heavy atom. The van der Waals surface area contributed by atoms with Gasteiger partial charge in [-0.25, -0.2) is 9.97 Å². The second kappa shape index (κ2) is 5.43. The van der Waals surface area contributed by atoms with Crippen molar-refractivity contribution in [3.8, 4) is 28.5 Å². The Bertz CT molecular complexity index is 562. The lowest BCUT2D eigenvalue weighted by molar-refractivity contribution is 0.377. The molecule has 2 N–H and O–H groups in total. The maximum Gasteiger partial charge on any atom is 0.135 e. The van der Waals surface area contributed by atoms with Crippen molar-refractivity contribution in [2.24, 2.45) is 0 Å². The quantitative estimate of drug-likeness (QED) is 0.903. The van der Waals surface area contributed by atoms with E-state index in [-0.39, 0.29) is 0 Å².